The lowest BCUT2D eigenvalue weighted by Gasteiger charge is -2.30. The zero-order valence-corrected chi connectivity index (χ0v) is 20.0. The number of hydrogen-bond acceptors (Lipinski definition) is 3. The minimum absolute atomic E-state index is 0.624. The summed E-state index contributed by atoms with van der Waals surface area (Å²) >= 11 is 0. The van der Waals surface area contributed by atoms with E-state index in [9.17, 15) is 0 Å². The van der Waals surface area contributed by atoms with Gasteiger partial charge in [0.05, 0.1) is 0 Å². The predicted molar refractivity (Wildman–Crippen MR) is 140 cm³/mol. The smallest absolute Gasteiger partial charge is 0.0167 e. The summed E-state index contributed by atoms with van der Waals surface area (Å²) in [5.74, 6) is 0.874. The van der Waals surface area contributed by atoms with Crippen molar-refractivity contribution in [3.05, 3.63) is 83.9 Å². The highest BCUT2D eigenvalue weighted by atomic mass is 15.2. The fourth-order valence-corrected chi connectivity index (χ4v) is 4.43. The van der Waals surface area contributed by atoms with Gasteiger partial charge in [0.25, 0.3) is 0 Å². The lowest BCUT2D eigenvalue weighted by molar-refractivity contribution is 0.202. The van der Waals surface area contributed by atoms with E-state index in [2.05, 4.69) is 114 Å². The van der Waals surface area contributed by atoms with Crippen molar-refractivity contribution in [1.82, 2.24) is 15.1 Å². The van der Waals surface area contributed by atoms with E-state index in [4.69, 9.17) is 0 Å². The molecule has 32 heavy (non-hydrogen) atoms. The Morgan fingerprint density at radius 2 is 1.34 bits per heavy atom. The van der Waals surface area contributed by atoms with E-state index in [1.54, 1.807) is 0 Å². The number of benzene rings is 2. The Labute approximate surface area is 195 Å². The zero-order valence-electron chi connectivity index (χ0n) is 20.0. The van der Waals surface area contributed by atoms with Gasteiger partial charge in [-0.1, -0.05) is 91.9 Å². The highest BCUT2D eigenvalue weighted by Crippen LogP contribution is 2.15. The number of nitrogens with one attached hydrogen (secondary N) is 1. The Balaban J connectivity index is 0.000000181. The van der Waals surface area contributed by atoms with Gasteiger partial charge >= 0.3 is 0 Å². The van der Waals surface area contributed by atoms with Crippen LogP contribution in [-0.2, 0) is 0 Å². The van der Waals surface area contributed by atoms with Gasteiger partial charge in [0.1, 0.15) is 0 Å². The molecule has 2 fully saturated rings. The molecule has 2 heterocycles. The molecule has 2 atom stereocenters. The fourth-order valence-electron chi connectivity index (χ4n) is 4.43. The molecular formula is C29H41N3. The maximum atomic E-state index is 3.45. The maximum Gasteiger partial charge on any atom is 0.0167 e. The highest BCUT2D eigenvalue weighted by molar-refractivity contribution is 5.49. The second kappa shape index (κ2) is 14.1. The van der Waals surface area contributed by atoms with Crippen molar-refractivity contribution in [2.45, 2.75) is 32.7 Å². The van der Waals surface area contributed by atoms with Crippen LogP contribution < -0.4 is 5.32 Å². The van der Waals surface area contributed by atoms with E-state index in [0.29, 0.717) is 6.04 Å². The number of hydrogen-bond donors (Lipinski definition) is 1. The Hall–Kier alpha value is -2.20. The third-order valence-corrected chi connectivity index (χ3v) is 6.14. The van der Waals surface area contributed by atoms with Crippen molar-refractivity contribution in [3.63, 3.8) is 0 Å². The number of piperidine rings is 1. The normalized spacial score (nSPS) is 22.7. The average Bonchev–Trinajstić information content (AvgIpc) is 2.81. The van der Waals surface area contributed by atoms with Crippen molar-refractivity contribution < 1.29 is 0 Å². The summed E-state index contributed by atoms with van der Waals surface area (Å²) in [7, 11) is 0. The van der Waals surface area contributed by atoms with Gasteiger partial charge in [-0.15, -0.1) is 0 Å². The summed E-state index contributed by atoms with van der Waals surface area (Å²) in [6.45, 7) is 12.7. The number of likely N-dealkylation sites (tertiary alicyclic amines) is 1. The van der Waals surface area contributed by atoms with Gasteiger partial charge < -0.3 is 5.32 Å². The van der Waals surface area contributed by atoms with Crippen molar-refractivity contribution in [1.29, 1.82) is 0 Å². The van der Waals surface area contributed by atoms with E-state index >= 15 is 0 Å². The first kappa shape index (κ1) is 24.4. The molecule has 0 radical (unpaired) electrons. The standard InChI is InChI=1S/C15H21N.C14H20N2/c1-14-7-5-11-16(13-14)12-6-10-15-8-3-2-4-9-15;1-13-12-16(11-9-15-13)10-5-8-14-6-3-2-4-7-14/h2-4,6,8-10,14H,5,7,11-13H2,1H3;2-8,13,15H,9-12H2,1H3/b10-6+;8-5+. The monoisotopic (exact) mass is 431 g/mol. The molecule has 0 bridgehead atoms. The SMILES string of the molecule is CC1CCCN(C/C=C/c2ccccc2)C1.CC1CN(C/C=C/c2ccccc2)CCN1. The first-order chi connectivity index (χ1) is 15.7. The molecule has 1 N–H and O–H groups in total. The molecule has 2 saturated heterocycles. The van der Waals surface area contributed by atoms with Gasteiger partial charge in [-0.25, -0.2) is 0 Å². The van der Waals surface area contributed by atoms with Crippen LogP contribution in [0.3, 0.4) is 0 Å². The van der Waals surface area contributed by atoms with E-state index < -0.39 is 0 Å². The second-order valence-electron chi connectivity index (χ2n) is 9.25. The summed E-state index contributed by atoms with van der Waals surface area (Å²) < 4.78 is 0. The van der Waals surface area contributed by atoms with Crippen LogP contribution in [0.25, 0.3) is 12.2 Å². The van der Waals surface area contributed by atoms with Crippen molar-refractivity contribution in [2.75, 3.05) is 45.8 Å². The molecule has 0 aliphatic carbocycles. The number of nitrogens with zero attached hydrogens (tertiary/aromatic N) is 2. The number of rotatable bonds is 6. The Kier molecular flexibility index (Phi) is 10.7. The van der Waals surface area contributed by atoms with Crippen LogP contribution in [-0.4, -0.2) is 61.7 Å². The molecule has 0 saturated carbocycles. The van der Waals surface area contributed by atoms with Gasteiger partial charge in [0.15, 0.2) is 0 Å². The summed E-state index contributed by atoms with van der Waals surface area (Å²) in [5, 5.41) is 3.45. The molecule has 3 heteroatoms. The third-order valence-electron chi connectivity index (χ3n) is 6.14. The van der Waals surface area contributed by atoms with E-state index in [-0.39, 0.29) is 0 Å². The molecule has 2 aromatic rings. The molecule has 2 aromatic carbocycles. The van der Waals surface area contributed by atoms with Crippen molar-refractivity contribution in [2.24, 2.45) is 5.92 Å². The molecule has 172 valence electrons. The summed E-state index contributed by atoms with van der Waals surface area (Å²) in [5.41, 5.74) is 2.58. The fraction of sp³-hybridized carbons (Fsp3) is 0.448. The maximum absolute atomic E-state index is 3.45. The van der Waals surface area contributed by atoms with E-state index in [1.807, 2.05) is 0 Å². The van der Waals surface area contributed by atoms with Gasteiger partial charge in [0, 0.05) is 45.3 Å². The number of piperazine rings is 1. The lowest BCUT2D eigenvalue weighted by Crippen LogP contribution is -2.49. The summed E-state index contributed by atoms with van der Waals surface area (Å²) in [6.07, 6.45) is 11.7. The topological polar surface area (TPSA) is 18.5 Å². The van der Waals surface area contributed by atoms with Crippen LogP contribution in [0.15, 0.2) is 72.8 Å². The summed E-state index contributed by atoms with van der Waals surface area (Å²) in [6, 6.07) is 21.6. The van der Waals surface area contributed by atoms with Gasteiger partial charge in [-0.3, -0.25) is 9.80 Å². The quantitative estimate of drug-likeness (QED) is 0.658. The average molecular weight is 432 g/mol. The first-order valence-electron chi connectivity index (χ1n) is 12.3. The Bertz CT molecular complexity index is 730. The van der Waals surface area contributed by atoms with Crippen LogP contribution in [0.5, 0.6) is 0 Å². The molecule has 0 amide bonds. The zero-order chi connectivity index (χ0) is 22.4. The van der Waals surface area contributed by atoms with Crippen LogP contribution in [0.1, 0.15) is 37.8 Å². The van der Waals surface area contributed by atoms with Crippen LogP contribution in [0, 0.1) is 5.92 Å². The molecule has 0 aromatic heterocycles. The van der Waals surface area contributed by atoms with Crippen molar-refractivity contribution in [3.8, 4) is 0 Å². The molecule has 2 aliphatic heterocycles. The van der Waals surface area contributed by atoms with Crippen LogP contribution >= 0.6 is 0 Å². The molecule has 0 spiro atoms. The van der Waals surface area contributed by atoms with Gasteiger partial charge in [-0.05, 0) is 43.4 Å². The first-order valence-corrected chi connectivity index (χ1v) is 12.3. The molecular weight excluding hydrogens is 390 g/mol. The molecule has 2 unspecified atom stereocenters. The van der Waals surface area contributed by atoms with Crippen LogP contribution in [0.4, 0.5) is 0 Å². The highest BCUT2D eigenvalue weighted by Gasteiger charge is 2.14. The molecule has 2 aliphatic rings. The largest absolute Gasteiger partial charge is 0.312 e. The van der Waals surface area contributed by atoms with Crippen molar-refractivity contribution >= 4 is 12.2 Å². The van der Waals surface area contributed by atoms with E-state index in [1.165, 1.54) is 37.1 Å². The molecule has 4 rings (SSSR count). The van der Waals surface area contributed by atoms with Crippen LogP contribution in [0.2, 0.25) is 0 Å². The lowest BCUT2D eigenvalue weighted by atomic mass is 10.0. The predicted octanol–water partition coefficient (Wildman–Crippen LogP) is 5.43. The Morgan fingerprint density at radius 1 is 0.781 bits per heavy atom. The third kappa shape index (κ3) is 9.52. The minimum Gasteiger partial charge on any atom is -0.312 e. The van der Waals surface area contributed by atoms with Gasteiger partial charge in [-0.2, -0.15) is 0 Å². The van der Waals surface area contributed by atoms with Gasteiger partial charge in [0.2, 0.25) is 0 Å². The second-order valence-corrected chi connectivity index (χ2v) is 9.25. The molecule has 3 nitrogen and oxygen atoms in total. The summed E-state index contributed by atoms with van der Waals surface area (Å²) in [4.78, 5) is 5.04. The van der Waals surface area contributed by atoms with E-state index in [0.717, 1.165) is 38.6 Å². The minimum atomic E-state index is 0.624. The Morgan fingerprint density at radius 3 is 1.88 bits per heavy atom.